The molecule has 3 rings (SSSR count). The summed E-state index contributed by atoms with van der Waals surface area (Å²) in [4.78, 5) is 4.47. The molecule has 0 aliphatic heterocycles. The predicted molar refractivity (Wildman–Crippen MR) is 79.4 cm³/mol. The molecule has 19 heavy (non-hydrogen) atoms. The quantitative estimate of drug-likeness (QED) is 0.783. The number of rotatable bonds is 3. The Morgan fingerprint density at radius 2 is 2.32 bits per heavy atom. The van der Waals surface area contributed by atoms with Crippen molar-refractivity contribution in [2.75, 3.05) is 6.26 Å². The molecule has 5 heteroatoms. The van der Waals surface area contributed by atoms with Gasteiger partial charge in [0.05, 0.1) is 16.9 Å². The molecule has 1 aromatic heterocycles. The highest BCUT2D eigenvalue weighted by Gasteiger charge is 2.28. The summed E-state index contributed by atoms with van der Waals surface area (Å²) in [5, 5.41) is 0.714. The number of alkyl halides is 1. The first-order valence-corrected chi connectivity index (χ1v) is 8.30. The van der Waals surface area contributed by atoms with E-state index in [1.807, 2.05) is 17.8 Å². The fourth-order valence-electron chi connectivity index (χ4n) is 2.99. The Hall–Kier alpha value is -0.740. The van der Waals surface area contributed by atoms with Crippen LogP contribution >= 0.6 is 23.4 Å². The first-order chi connectivity index (χ1) is 9.22. The topological polar surface area (TPSA) is 17.8 Å². The zero-order chi connectivity index (χ0) is 13.4. The van der Waals surface area contributed by atoms with Gasteiger partial charge in [0.15, 0.2) is 0 Å². The van der Waals surface area contributed by atoms with Crippen LogP contribution in [0.25, 0.3) is 11.0 Å². The van der Waals surface area contributed by atoms with E-state index in [4.69, 9.17) is 11.6 Å². The monoisotopic (exact) mass is 298 g/mol. The molecule has 1 saturated carbocycles. The number of thioether (sulfide) groups is 1. The summed E-state index contributed by atoms with van der Waals surface area (Å²) in [5.41, 5.74) is 1.71. The van der Waals surface area contributed by atoms with Gasteiger partial charge in [0, 0.05) is 17.4 Å². The third-order valence-corrected chi connectivity index (χ3v) is 5.23. The third-order valence-electron chi connectivity index (χ3n) is 3.90. The zero-order valence-electron chi connectivity index (χ0n) is 10.8. The van der Waals surface area contributed by atoms with Gasteiger partial charge in [0.25, 0.3) is 0 Å². The number of fused-ring (bicyclic) bond motifs is 1. The maximum Gasteiger partial charge on any atom is 0.125 e. The van der Waals surface area contributed by atoms with Gasteiger partial charge < -0.3 is 4.57 Å². The summed E-state index contributed by atoms with van der Waals surface area (Å²) < 4.78 is 15.5. The Balaban J connectivity index is 2.06. The van der Waals surface area contributed by atoms with E-state index in [1.54, 1.807) is 0 Å². The van der Waals surface area contributed by atoms with Crippen molar-refractivity contribution in [3.8, 4) is 0 Å². The first kappa shape index (κ1) is 13.3. The number of hydrogen-bond acceptors (Lipinski definition) is 2. The highest BCUT2D eigenvalue weighted by Crippen LogP contribution is 2.38. The highest BCUT2D eigenvalue weighted by molar-refractivity contribution is 7.99. The SMILES string of the molecule is CSC1CCC(n2c(CCl)nc3cc(F)ccc32)C1. The molecular formula is C14H16ClFN2S. The molecule has 102 valence electrons. The van der Waals surface area contributed by atoms with Gasteiger partial charge in [0.1, 0.15) is 11.6 Å². The van der Waals surface area contributed by atoms with E-state index in [-0.39, 0.29) is 5.82 Å². The van der Waals surface area contributed by atoms with E-state index in [9.17, 15) is 4.39 Å². The zero-order valence-corrected chi connectivity index (χ0v) is 12.3. The largest absolute Gasteiger partial charge is 0.324 e. The van der Waals surface area contributed by atoms with Crippen LogP contribution in [0.5, 0.6) is 0 Å². The summed E-state index contributed by atoms with van der Waals surface area (Å²) >= 11 is 7.94. The molecule has 2 unspecified atom stereocenters. The maximum atomic E-state index is 13.3. The molecule has 2 nitrogen and oxygen atoms in total. The van der Waals surface area contributed by atoms with Crippen molar-refractivity contribution < 1.29 is 4.39 Å². The van der Waals surface area contributed by atoms with Crippen LogP contribution in [0.2, 0.25) is 0 Å². The van der Waals surface area contributed by atoms with E-state index >= 15 is 0 Å². The molecule has 2 atom stereocenters. The molecule has 0 spiro atoms. The fourth-order valence-corrected chi connectivity index (χ4v) is 3.96. The number of imidazole rings is 1. The molecule has 2 aromatic rings. The minimum Gasteiger partial charge on any atom is -0.324 e. The molecule has 0 bridgehead atoms. The van der Waals surface area contributed by atoms with Gasteiger partial charge in [-0.15, -0.1) is 11.6 Å². The lowest BCUT2D eigenvalue weighted by Gasteiger charge is -2.16. The summed E-state index contributed by atoms with van der Waals surface area (Å²) in [6.07, 6.45) is 5.69. The molecule has 0 N–H and O–H groups in total. The second-order valence-corrected chi connectivity index (χ2v) is 6.39. The molecule has 0 radical (unpaired) electrons. The number of aromatic nitrogens is 2. The van der Waals surface area contributed by atoms with E-state index in [1.165, 1.54) is 18.6 Å². The second-order valence-electron chi connectivity index (χ2n) is 4.99. The Morgan fingerprint density at radius 3 is 3.00 bits per heavy atom. The van der Waals surface area contributed by atoms with Crippen molar-refractivity contribution in [1.82, 2.24) is 9.55 Å². The van der Waals surface area contributed by atoms with E-state index in [2.05, 4.69) is 15.8 Å². The van der Waals surface area contributed by atoms with Gasteiger partial charge >= 0.3 is 0 Å². The Bertz CT molecular complexity index is 598. The Morgan fingerprint density at radius 1 is 1.47 bits per heavy atom. The lowest BCUT2D eigenvalue weighted by molar-refractivity contribution is 0.519. The summed E-state index contributed by atoms with van der Waals surface area (Å²) in [7, 11) is 0. The van der Waals surface area contributed by atoms with Crippen LogP contribution in [0.15, 0.2) is 18.2 Å². The van der Waals surface area contributed by atoms with Crippen molar-refractivity contribution in [3.63, 3.8) is 0 Å². The van der Waals surface area contributed by atoms with Crippen LogP contribution in [0.1, 0.15) is 31.1 Å². The van der Waals surface area contributed by atoms with E-state index in [0.29, 0.717) is 22.7 Å². The van der Waals surface area contributed by atoms with Gasteiger partial charge in [-0.3, -0.25) is 0 Å². The average Bonchev–Trinajstić information content (AvgIpc) is 3.00. The molecule has 0 amide bonds. The van der Waals surface area contributed by atoms with Crippen molar-refractivity contribution in [3.05, 3.63) is 29.8 Å². The molecule has 0 saturated heterocycles. The summed E-state index contributed by atoms with van der Waals surface area (Å²) in [6.45, 7) is 0. The standard InChI is InChI=1S/C14H16ClFN2S/c1-19-11-4-3-10(7-11)18-13-5-2-9(16)6-12(13)17-14(18)8-15/h2,5-6,10-11H,3-4,7-8H2,1H3. The van der Waals surface area contributed by atoms with Gasteiger partial charge in [0.2, 0.25) is 0 Å². The maximum absolute atomic E-state index is 13.3. The molecule has 1 heterocycles. The van der Waals surface area contributed by atoms with Crippen LogP contribution < -0.4 is 0 Å². The minimum atomic E-state index is -0.244. The Labute approximate surface area is 121 Å². The van der Waals surface area contributed by atoms with Gasteiger partial charge in [-0.05, 0) is 37.7 Å². The van der Waals surface area contributed by atoms with Crippen molar-refractivity contribution in [2.45, 2.75) is 36.4 Å². The van der Waals surface area contributed by atoms with Gasteiger partial charge in [-0.1, -0.05) is 0 Å². The summed E-state index contributed by atoms with van der Waals surface area (Å²) in [5.74, 6) is 0.984. The Kier molecular flexibility index (Phi) is 3.72. The van der Waals surface area contributed by atoms with Crippen molar-refractivity contribution in [1.29, 1.82) is 0 Å². The van der Waals surface area contributed by atoms with E-state index in [0.717, 1.165) is 24.2 Å². The molecule has 1 aliphatic carbocycles. The van der Waals surface area contributed by atoms with Crippen molar-refractivity contribution >= 4 is 34.4 Å². The predicted octanol–water partition coefficient (Wildman–Crippen LogP) is 4.37. The number of benzene rings is 1. The second kappa shape index (κ2) is 5.33. The molecule has 1 aliphatic rings. The average molecular weight is 299 g/mol. The van der Waals surface area contributed by atoms with Crippen LogP contribution in [0, 0.1) is 5.82 Å². The van der Waals surface area contributed by atoms with Gasteiger partial charge in [-0.25, -0.2) is 9.37 Å². The van der Waals surface area contributed by atoms with Crippen LogP contribution in [-0.4, -0.2) is 21.1 Å². The first-order valence-electron chi connectivity index (χ1n) is 6.48. The molecule has 1 fully saturated rings. The smallest absolute Gasteiger partial charge is 0.125 e. The fraction of sp³-hybridized carbons (Fsp3) is 0.500. The third kappa shape index (κ3) is 2.36. The lowest BCUT2D eigenvalue weighted by atomic mass is 10.2. The summed E-state index contributed by atoms with van der Waals surface area (Å²) in [6, 6.07) is 5.25. The molecular weight excluding hydrogens is 283 g/mol. The lowest BCUT2D eigenvalue weighted by Crippen LogP contribution is -2.09. The number of halogens is 2. The molecule has 1 aromatic carbocycles. The van der Waals surface area contributed by atoms with Crippen LogP contribution in [-0.2, 0) is 5.88 Å². The van der Waals surface area contributed by atoms with Crippen LogP contribution in [0.4, 0.5) is 4.39 Å². The van der Waals surface area contributed by atoms with Crippen LogP contribution in [0.3, 0.4) is 0 Å². The normalized spacial score (nSPS) is 23.3. The highest BCUT2D eigenvalue weighted by atomic mass is 35.5. The number of nitrogens with zero attached hydrogens (tertiary/aromatic N) is 2. The minimum absolute atomic E-state index is 0.244. The number of hydrogen-bond donors (Lipinski definition) is 0. The van der Waals surface area contributed by atoms with Gasteiger partial charge in [-0.2, -0.15) is 11.8 Å². The van der Waals surface area contributed by atoms with E-state index < -0.39 is 0 Å². The van der Waals surface area contributed by atoms with Crippen molar-refractivity contribution in [2.24, 2.45) is 0 Å².